The van der Waals surface area contributed by atoms with Gasteiger partial charge in [0.2, 0.25) is 0 Å². The number of nitrogens with one attached hydrogen (secondary N) is 3. The van der Waals surface area contributed by atoms with Crippen LogP contribution in [-0.4, -0.2) is 73.3 Å². The van der Waals surface area contributed by atoms with Crippen molar-refractivity contribution in [1.29, 1.82) is 0 Å². The Labute approximate surface area is 160 Å². The zero-order valence-corrected chi connectivity index (χ0v) is 16.9. The molecule has 0 aromatic heterocycles. The fourth-order valence-electron chi connectivity index (χ4n) is 4.49. The molecule has 1 saturated carbocycles. The number of piperazine rings is 1. The van der Waals surface area contributed by atoms with Gasteiger partial charge in [-0.05, 0) is 50.2 Å². The lowest BCUT2D eigenvalue weighted by molar-refractivity contribution is -0.141. The highest BCUT2D eigenvalue weighted by Gasteiger charge is 2.41. The van der Waals surface area contributed by atoms with Gasteiger partial charge in [0.25, 0.3) is 0 Å². The largest absolute Gasteiger partial charge is 0.480 e. The van der Waals surface area contributed by atoms with Crippen molar-refractivity contribution in [2.24, 2.45) is 5.92 Å². The Kier molecular flexibility index (Phi) is 6.88. The molecule has 3 aliphatic rings. The van der Waals surface area contributed by atoms with Gasteiger partial charge < -0.3 is 10.4 Å². The smallest absolute Gasteiger partial charge is 0.322 e. The van der Waals surface area contributed by atoms with E-state index >= 15 is 0 Å². The van der Waals surface area contributed by atoms with Crippen molar-refractivity contribution >= 4 is 27.6 Å². The van der Waals surface area contributed by atoms with Crippen LogP contribution in [0.25, 0.3) is 0 Å². The van der Waals surface area contributed by atoms with E-state index in [1.54, 1.807) is 0 Å². The first-order valence-corrected chi connectivity index (χ1v) is 12.6. The summed E-state index contributed by atoms with van der Waals surface area (Å²) in [6.45, 7) is 1.53. The summed E-state index contributed by atoms with van der Waals surface area (Å²) in [6.07, 6.45) is 6.66. The summed E-state index contributed by atoms with van der Waals surface area (Å²) >= 11 is 2.01. The second kappa shape index (κ2) is 8.77. The molecule has 7 nitrogen and oxygen atoms in total. The molecule has 26 heavy (non-hydrogen) atoms. The second-order valence-corrected chi connectivity index (χ2v) is 11.6. The lowest BCUT2D eigenvalue weighted by atomic mass is 9.80. The molecular weight excluding hydrogens is 374 g/mol. The number of carboxylic acid groups (broad SMARTS) is 1. The number of rotatable bonds is 6. The predicted molar refractivity (Wildman–Crippen MR) is 104 cm³/mol. The first-order valence-electron chi connectivity index (χ1n) is 9.60. The van der Waals surface area contributed by atoms with E-state index in [-0.39, 0.29) is 23.4 Å². The molecule has 0 aromatic carbocycles. The summed E-state index contributed by atoms with van der Waals surface area (Å²) in [5.41, 5.74) is 0. The van der Waals surface area contributed by atoms with Crippen molar-refractivity contribution in [3.63, 3.8) is 0 Å². The van der Waals surface area contributed by atoms with Gasteiger partial charge in [-0.3, -0.25) is 15.4 Å². The van der Waals surface area contributed by atoms with Crippen molar-refractivity contribution in [3.05, 3.63) is 0 Å². The Balaban J connectivity index is 1.57. The first kappa shape index (κ1) is 20.4. The number of carboxylic acids is 1. The number of sulfone groups is 1. The monoisotopic (exact) mass is 405 g/mol. The summed E-state index contributed by atoms with van der Waals surface area (Å²) in [5.74, 6) is 0.584. The third-order valence-electron chi connectivity index (χ3n) is 6.01. The molecule has 0 amide bonds. The van der Waals surface area contributed by atoms with E-state index in [0.717, 1.165) is 19.4 Å². The van der Waals surface area contributed by atoms with Gasteiger partial charge in [-0.1, -0.05) is 0 Å². The van der Waals surface area contributed by atoms with Crippen LogP contribution in [0, 0.1) is 5.92 Å². The summed E-state index contributed by atoms with van der Waals surface area (Å²) in [6, 6.07) is -0.788. The molecule has 3 fully saturated rings. The van der Waals surface area contributed by atoms with E-state index in [9.17, 15) is 18.3 Å². The fraction of sp³-hybridized carbons (Fsp3) is 0.941. The maximum atomic E-state index is 11.8. The van der Waals surface area contributed by atoms with E-state index in [1.807, 2.05) is 11.8 Å². The Hall–Kier alpha value is -0.350. The molecule has 0 aromatic rings. The number of carbonyl (C=O) groups is 1. The highest BCUT2D eigenvalue weighted by Crippen LogP contribution is 2.32. The minimum Gasteiger partial charge on any atom is -0.480 e. The molecule has 0 radical (unpaired) electrons. The van der Waals surface area contributed by atoms with E-state index in [4.69, 9.17) is 0 Å². The SMILES string of the molecule is CS(=O)(=O)C1CCC(C2NC(NCC3CCCS3)CNC2C(=O)O)CC1. The topological polar surface area (TPSA) is 108 Å². The fourth-order valence-corrected chi connectivity index (χ4v) is 6.84. The zero-order chi connectivity index (χ0) is 18.7. The molecule has 150 valence electrons. The van der Waals surface area contributed by atoms with Crippen LogP contribution in [0.2, 0.25) is 0 Å². The average Bonchev–Trinajstić information content (AvgIpc) is 3.12. The first-order chi connectivity index (χ1) is 12.3. The summed E-state index contributed by atoms with van der Waals surface area (Å²) in [7, 11) is -3.01. The highest BCUT2D eigenvalue weighted by molar-refractivity contribution is 8.00. The Morgan fingerprint density at radius 3 is 2.54 bits per heavy atom. The molecule has 4 N–H and O–H groups in total. The van der Waals surface area contributed by atoms with Crippen LogP contribution >= 0.6 is 11.8 Å². The van der Waals surface area contributed by atoms with Crippen molar-refractivity contribution in [2.45, 2.75) is 67.3 Å². The van der Waals surface area contributed by atoms with E-state index < -0.39 is 21.8 Å². The maximum Gasteiger partial charge on any atom is 0.322 e. The number of hydrogen-bond acceptors (Lipinski definition) is 7. The molecule has 1 aliphatic carbocycles. The third kappa shape index (κ3) is 5.13. The van der Waals surface area contributed by atoms with Gasteiger partial charge in [-0.15, -0.1) is 0 Å². The van der Waals surface area contributed by atoms with Crippen LogP contribution in [-0.2, 0) is 14.6 Å². The van der Waals surface area contributed by atoms with Gasteiger partial charge >= 0.3 is 5.97 Å². The summed E-state index contributed by atoms with van der Waals surface area (Å²) < 4.78 is 23.5. The highest BCUT2D eigenvalue weighted by atomic mass is 32.2. The molecule has 2 aliphatic heterocycles. The van der Waals surface area contributed by atoms with Crippen molar-refractivity contribution in [1.82, 2.24) is 16.0 Å². The summed E-state index contributed by atoms with van der Waals surface area (Å²) in [4.78, 5) is 11.7. The quantitative estimate of drug-likeness (QED) is 0.504. The average molecular weight is 406 g/mol. The molecule has 9 heteroatoms. The van der Waals surface area contributed by atoms with Crippen LogP contribution in [0.4, 0.5) is 0 Å². The molecule has 2 saturated heterocycles. The molecule has 3 rings (SSSR count). The van der Waals surface area contributed by atoms with Gasteiger partial charge in [0.15, 0.2) is 0 Å². The van der Waals surface area contributed by atoms with Crippen molar-refractivity contribution < 1.29 is 18.3 Å². The zero-order valence-electron chi connectivity index (χ0n) is 15.3. The number of thioether (sulfide) groups is 1. The van der Waals surface area contributed by atoms with Gasteiger partial charge in [0.1, 0.15) is 15.9 Å². The normalized spacial score (nSPS) is 39.0. The molecular formula is C17H31N3O4S2. The predicted octanol–water partition coefficient (Wildman–Crippen LogP) is 0.416. The van der Waals surface area contributed by atoms with Crippen LogP contribution in [0.5, 0.6) is 0 Å². The Bertz CT molecular complexity index is 587. The molecule has 4 unspecified atom stereocenters. The number of hydrogen-bond donors (Lipinski definition) is 4. The third-order valence-corrected chi connectivity index (χ3v) is 9.09. The van der Waals surface area contributed by atoms with Gasteiger partial charge in [-0.2, -0.15) is 11.8 Å². The van der Waals surface area contributed by atoms with Crippen LogP contribution in [0.3, 0.4) is 0 Å². The minimum absolute atomic E-state index is 0.0597. The summed E-state index contributed by atoms with van der Waals surface area (Å²) in [5, 5.41) is 20.2. The lowest BCUT2D eigenvalue weighted by Gasteiger charge is -2.43. The molecule has 4 atom stereocenters. The van der Waals surface area contributed by atoms with Gasteiger partial charge in [0, 0.05) is 30.6 Å². The van der Waals surface area contributed by atoms with E-state index in [0.29, 0.717) is 24.6 Å². The molecule has 2 heterocycles. The van der Waals surface area contributed by atoms with Crippen molar-refractivity contribution in [3.8, 4) is 0 Å². The van der Waals surface area contributed by atoms with Gasteiger partial charge in [0.05, 0.1) is 11.4 Å². The minimum atomic E-state index is -3.01. The maximum absolute atomic E-state index is 11.8. The number of aliphatic carboxylic acids is 1. The van der Waals surface area contributed by atoms with Gasteiger partial charge in [-0.25, -0.2) is 8.42 Å². The van der Waals surface area contributed by atoms with Crippen LogP contribution in [0.1, 0.15) is 38.5 Å². The van der Waals surface area contributed by atoms with Crippen molar-refractivity contribution in [2.75, 3.05) is 25.1 Å². The van der Waals surface area contributed by atoms with Crippen LogP contribution < -0.4 is 16.0 Å². The standard InChI is InChI=1S/C17H31N3O4S2/c1-26(23,24)13-6-4-11(5-7-13)15-16(17(21)22)19-10-14(20-15)18-9-12-3-2-8-25-12/h11-16,18-20H,2-10H2,1H3,(H,21,22). The Morgan fingerprint density at radius 1 is 1.23 bits per heavy atom. The lowest BCUT2D eigenvalue weighted by Crippen LogP contribution is -2.69. The molecule has 0 spiro atoms. The molecule has 0 bridgehead atoms. The van der Waals surface area contributed by atoms with E-state index in [1.165, 1.54) is 24.9 Å². The van der Waals surface area contributed by atoms with Crippen LogP contribution in [0.15, 0.2) is 0 Å². The van der Waals surface area contributed by atoms with E-state index in [2.05, 4.69) is 16.0 Å². The second-order valence-electron chi connectivity index (χ2n) is 7.88. The Morgan fingerprint density at radius 2 is 1.96 bits per heavy atom.